The lowest BCUT2D eigenvalue weighted by Crippen LogP contribution is -2.18. The van der Waals surface area contributed by atoms with Gasteiger partial charge in [-0.15, -0.1) is 12.3 Å². The van der Waals surface area contributed by atoms with Crippen LogP contribution in [0.3, 0.4) is 0 Å². The first-order valence-corrected chi connectivity index (χ1v) is 8.28. The second-order valence-electron chi connectivity index (χ2n) is 5.20. The van der Waals surface area contributed by atoms with Gasteiger partial charge in [0.25, 0.3) is 0 Å². The Hall–Kier alpha value is -1.02. The van der Waals surface area contributed by atoms with Gasteiger partial charge in [0.05, 0.1) is 11.7 Å². The van der Waals surface area contributed by atoms with Crippen LogP contribution in [-0.2, 0) is 11.2 Å². The zero-order valence-corrected chi connectivity index (χ0v) is 14.0. The molecule has 3 nitrogen and oxygen atoms in total. The number of hydrogen-bond acceptors (Lipinski definition) is 2. The highest BCUT2D eigenvalue weighted by atomic mass is 79.9. The fourth-order valence-corrected chi connectivity index (χ4v) is 3.86. The van der Waals surface area contributed by atoms with Gasteiger partial charge < -0.3 is 4.74 Å². The number of halogens is 2. The normalized spacial score (nSPS) is 18.8. The van der Waals surface area contributed by atoms with E-state index >= 15 is 0 Å². The van der Waals surface area contributed by atoms with Crippen molar-refractivity contribution in [3.63, 3.8) is 0 Å². The van der Waals surface area contributed by atoms with E-state index in [4.69, 9.17) is 22.8 Å². The molecule has 2 heterocycles. The molecule has 21 heavy (non-hydrogen) atoms. The molecular formula is C16H16BrClN2O. The quantitative estimate of drug-likeness (QED) is 0.734. The molecule has 0 spiro atoms. The Bertz CT molecular complexity index is 698. The highest BCUT2D eigenvalue weighted by molar-refractivity contribution is 9.10. The summed E-state index contributed by atoms with van der Waals surface area (Å²) in [6.45, 7) is 0.793. The third kappa shape index (κ3) is 2.83. The van der Waals surface area contributed by atoms with Gasteiger partial charge in [0.1, 0.15) is 0 Å². The number of ether oxygens (including phenoxy) is 1. The molecule has 3 rings (SSSR count). The first-order chi connectivity index (χ1) is 10.2. The summed E-state index contributed by atoms with van der Waals surface area (Å²) in [6.07, 6.45) is 11.9. The molecule has 0 amide bonds. The predicted octanol–water partition coefficient (Wildman–Crippen LogP) is 4.72. The summed E-state index contributed by atoms with van der Waals surface area (Å²) in [6, 6.07) is 1.97. The minimum absolute atomic E-state index is 0.00998. The predicted molar refractivity (Wildman–Crippen MR) is 88.4 cm³/mol. The van der Waals surface area contributed by atoms with Gasteiger partial charge in [0.15, 0.2) is 6.23 Å². The van der Waals surface area contributed by atoms with Gasteiger partial charge in [-0.2, -0.15) is 5.10 Å². The van der Waals surface area contributed by atoms with Crippen molar-refractivity contribution >= 4 is 38.4 Å². The molecule has 2 aromatic rings. The van der Waals surface area contributed by atoms with Gasteiger partial charge in [-0.05, 0) is 53.2 Å². The Kier molecular flexibility index (Phi) is 4.54. The number of rotatable bonds is 3. The Morgan fingerprint density at radius 3 is 3.10 bits per heavy atom. The number of benzene rings is 1. The molecule has 0 saturated carbocycles. The van der Waals surface area contributed by atoms with Gasteiger partial charge in [-0.3, -0.25) is 0 Å². The SMILES string of the molecule is C#CCCc1c(Cl)cc2c(cnn2C2CCCCO2)c1Br. The molecule has 1 fully saturated rings. The van der Waals surface area contributed by atoms with Crippen LogP contribution >= 0.6 is 27.5 Å². The van der Waals surface area contributed by atoms with Gasteiger partial charge >= 0.3 is 0 Å². The van der Waals surface area contributed by atoms with E-state index < -0.39 is 0 Å². The van der Waals surface area contributed by atoms with E-state index in [0.717, 1.165) is 51.8 Å². The van der Waals surface area contributed by atoms with Gasteiger partial charge in [0, 0.05) is 27.9 Å². The Morgan fingerprint density at radius 2 is 2.38 bits per heavy atom. The van der Waals surface area contributed by atoms with Crippen LogP contribution in [-0.4, -0.2) is 16.4 Å². The van der Waals surface area contributed by atoms with Crippen molar-refractivity contribution in [2.45, 2.75) is 38.3 Å². The maximum Gasteiger partial charge on any atom is 0.150 e. The zero-order valence-electron chi connectivity index (χ0n) is 11.6. The second kappa shape index (κ2) is 6.39. The van der Waals surface area contributed by atoms with Crippen molar-refractivity contribution < 1.29 is 4.74 Å². The van der Waals surface area contributed by atoms with Crippen molar-refractivity contribution in [1.29, 1.82) is 0 Å². The van der Waals surface area contributed by atoms with E-state index in [2.05, 4.69) is 26.9 Å². The topological polar surface area (TPSA) is 27.1 Å². The van der Waals surface area contributed by atoms with Gasteiger partial charge in [-0.25, -0.2) is 4.68 Å². The molecule has 1 aliphatic heterocycles. The van der Waals surface area contributed by atoms with E-state index in [1.807, 2.05) is 16.9 Å². The largest absolute Gasteiger partial charge is 0.356 e. The summed E-state index contributed by atoms with van der Waals surface area (Å²) in [7, 11) is 0. The third-order valence-corrected chi connectivity index (χ3v) is 5.08. The minimum atomic E-state index is 0.00998. The molecule has 1 atom stereocenters. The van der Waals surface area contributed by atoms with Crippen LogP contribution in [0, 0.1) is 12.3 Å². The van der Waals surface area contributed by atoms with Crippen LogP contribution in [0.1, 0.15) is 37.5 Å². The minimum Gasteiger partial charge on any atom is -0.356 e. The number of nitrogens with zero attached hydrogens (tertiary/aromatic N) is 2. The first kappa shape index (κ1) is 14.9. The zero-order chi connectivity index (χ0) is 14.8. The highest BCUT2D eigenvalue weighted by Gasteiger charge is 2.21. The molecule has 1 aromatic heterocycles. The Balaban J connectivity index is 2.04. The van der Waals surface area contributed by atoms with E-state index in [1.165, 1.54) is 6.42 Å². The van der Waals surface area contributed by atoms with Crippen LogP contribution in [0.5, 0.6) is 0 Å². The molecule has 1 unspecified atom stereocenters. The monoisotopic (exact) mass is 366 g/mol. The molecule has 0 bridgehead atoms. The maximum absolute atomic E-state index is 6.43. The molecule has 5 heteroatoms. The highest BCUT2D eigenvalue weighted by Crippen LogP contribution is 2.36. The van der Waals surface area contributed by atoms with Gasteiger partial charge in [-0.1, -0.05) is 11.6 Å². The molecule has 0 aliphatic carbocycles. The lowest BCUT2D eigenvalue weighted by atomic mass is 10.1. The van der Waals surface area contributed by atoms with Crippen molar-refractivity contribution in [2.75, 3.05) is 6.61 Å². The molecule has 1 aliphatic rings. The van der Waals surface area contributed by atoms with E-state index in [1.54, 1.807) is 0 Å². The fraction of sp³-hybridized carbons (Fsp3) is 0.438. The van der Waals surface area contributed by atoms with Crippen molar-refractivity contribution in [1.82, 2.24) is 9.78 Å². The summed E-state index contributed by atoms with van der Waals surface area (Å²) < 4.78 is 8.75. The van der Waals surface area contributed by atoms with Gasteiger partial charge in [0.2, 0.25) is 0 Å². The lowest BCUT2D eigenvalue weighted by Gasteiger charge is -2.23. The van der Waals surface area contributed by atoms with Crippen LogP contribution in [0.4, 0.5) is 0 Å². The average Bonchev–Trinajstić information content (AvgIpc) is 2.92. The first-order valence-electron chi connectivity index (χ1n) is 7.11. The van der Waals surface area contributed by atoms with Crippen molar-refractivity contribution in [3.8, 4) is 12.3 Å². The number of fused-ring (bicyclic) bond motifs is 1. The molecule has 0 N–H and O–H groups in total. The van der Waals surface area contributed by atoms with Crippen LogP contribution in [0.2, 0.25) is 5.02 Å². The number of terminal acetylenes is 1. The Morgan fingerprint density at radius 1 is 1.52 bits per heavy atom. The van der Waals surface area contributed by atoms with E-state index in [0.29, 0.717) is 6.42 Å². The van der Waals surface area contributed by atoms with Crippen LogP contribution in [0.25, 0.3) is 10.9 Å². The smallest absolute Gasteiger partial charge is 0.150 e. The van der Waals surface area contributed by atoms with E-state index in [9.17, 15) is 0 Å². The van der Waals surface area contributed by atoms with Crippen LogP contribution in [0.15, 0.2) is 16.7 Å². The summed E-state index contributed by atoms with van der Waals surface area (Å²) in [4.78, 5) is 0. The number of hydrogen-bond donors (Lipinski definition) is 0. The Labute approximate surface area is 137 Å². The maximum atomic E-state index is 6.43. The van der Waals surface area contributed by atoms with E-state index in [-0.39, 0.29) is 6.23 Å². The third-order valence-electron chi connectivity index (χ3n) is 3.83. The molecule has 1 aromatic carbocycles. The fourth-order valence-electron chi connectivity index (χ4n) is 2.73. The molecule has 110 valence electrons. The molecule has 0 radical (unpaired) electrons. The second-order valence-corrected chi connectivity index (χ2v) is 6.40. The summed E-state index contributed by atoms with van der Waals surface area (Å²) in [5.74, 6) is 2.66. The molecular weight excluding hydrogens is 352 g/mol. The van der Waals surface area contributed by atoms with Crippen molar-refractivity contribution in [3.05, 3.63) is 27.3 Å². The molecule has 1 saturated heterocycles. The number of aromatic nitrogens is 2. The summed E-state index contributed by atoms with van der Waals surface area (Å²) >= 11 is 10.1. The summed E-state index contributed by atoms with van der Waals surface area (Å²) in [5.41, 5.74) is 2.05. The average molecular weight is 368 g/mol. The van der Waals surface area contributed by atoms with Crippen molar-refractivity contribution in [2.24, 2.45) is 0 Å². The van der Waals surface area contributed by atoms with Crippen LogP contribution < -0.4 is 0 Å². The lowest BCUT2D eigenvalue weighted by molar-refractivity contribution is -0.0366. The summed E-state index contributed by atoms with van der Waals surface area (Å²) in [5, 5.41) is 6.29. The standard InChI is InChI=1S/C16H16BrClN2O/c1-2-3-6-11-13(18)9-14-12(16(11)17)10-19-20(14)15-7-4-5-8-21-15/h1,9-10,15H,3-8H2.